The Morgan fingerprint density at radius 1 is 1.12 bits per heavy atom. The highest BCUT2D eigenvalue weighted by Crippen LogP contribution is 2.36. The topological polar surface area (TPSA) is 88.6 Å². The SMILES string of the molecule is Cc1nn(CCCCCCOC(N)=O)c(C)c1B1OC(C)(C)C(C)(C)O1. The molecule has 1 fully saturated rings. The van der Waals surface area contributed by atoms with Gasteiger partial charge in [0, 0.05) is 17.7 Å². The Hall–Kier alpha value is -1.54. The summed E-state index contributed by atoms with van der Waals surface area (Å²) in [6, 6.07) is 0. The average Bonchev–Trinajstić information content (AvgIpc) is 2.90. The number of amides is 1. The maximum Gasteiger partial charge on any atom is 0.498 e. The second-order valence-corrected chi connectivity index (χ2v) is 7.98. The number of primary amides is 1. The minimum atomic E-state index is -0.706. The highest BCUT2D eigenvalue weighted by atomic mass is 16.7. The van der Waals surface area contributed by atoms with E-state index in [0.29, 0.717) is 6.61 Å². The normalized spacial score (nSPS) is 18.3. The molecule has 2 rings (SSSR count). The summed E-state index contributed by atoms with van der Waals surface area (Å²) in [6.45, 7) is 13.6. The summed E-state index contributed by atoms with van der Waals surface area (Å²) in [4.78, 5) is 10.5. The molecule has 0 spiro atoms. The first-order valence-electron chi connectivity index (χ1n) is 9.37. The molecule has 1 aliphatic heterocycles. The van der Waals surface area contributed by atoms with Crippen LogP contribution in [-0.2, 0) is 20.6 Å². The zero-order valence-corrected chi connectivity index (χ0v) is 16.9. The van der Waals surface area contributed by atoms with Gasteiger partial charge in [-0.2, -0.15) is 5.10 Å². The van der Waals surface area contributed by atoms with Gasteiger partial charge in [-0.1, -0.05) is 6.42 Å². The van der Waals surface area contributed by atoms with Crippen LogP contribution in [-0.4, -0.2) is 40.8 Å². The molecule has 0 atom stereocenters. The first-order valence-corrected chi connectivity index (χ1v) is 9.37. The number of hydrogen-bond acceptors (Lipinski definition) is 5. The third-order valence-electron chi connectivity index (χ3n) is 5.43. The number of carbonyl (C=O) groups excluding carboxylic acids is 1. The van der Waals surface area contributed by atoms with E-state index in [-0.39, 0.29) is 18.3 Å². The molecule has 0 unspecified atom stereocenters. The van der Waals surface area contributed by atoms with Gasteiger partial charge in [-0.15, -0.1) is 0 Å². The van der Waals surface area contributed by atoms with Crippen molar-refractivity contribution in [2.45, 2.75) is 85.0 Å². The van der Waals surface area contributed by atoms with Crippen molar-refractivity contribution in [2.24, 2.45) is 5.73 Å². The van der Waals surface area contributed by atoms with Crippen LogP contribution in [0.3, 0.4) is 0 Å². The van der Waals surface area contributed by atoms with E-state index in [4.69, 9.17) is 19.8 Å². The van der Waals surface area contributed by atoms with Crippen LogP contribution < -0.4 is 11.2 Å². The number of rotatable bonds is 8. The van der Waals surface area contributed by atoms with Crippen LogP contribution in [0.5, 0.6) is 0 Å². The van der Waals surface area contributed by atoms with E-state index in [1.807, 2.05) is 11.6 Å². The molecule has 0 aromatic carbocycles. The van der Waals surface area contributed by atoms with Gasteiger partial charge in [0.25, 0.3) is 0 Å². The van der Waals surface area contributed by atoms with Crippen LogP contribution in [0.2, 0.25) is 0 Å². The molecule has 146 valence electrons. The number of unbranched alkanes of at least 4 members (excludes halogenated alkanes) is 3. The molecule has 1 amide bonds. The van der Waals surface area contributed by atoms with Crippen molar-refractivity contribution in [1.82, 2.24) is 9.78 Å². The fourth-order valence-corrected chi connectivity index (χ4v) is 3.12. The highest BCUT2D eigenvalue weighted by molar-refractivity contribution is 6.63. The van der Waals surface area contributed by atoms with E-state index in [2.05, 4.69) is 39.7 Å². The van der Waals surface area contributed by atoms with Crippen LogP contribution in [0.1, 0.15) is 64.8 Å². The first-order chi connectivity index (χ1) is 12.0. The summed E-state index contributed by atoms with van der Waals surface area (Å²) in [5.41, 5.74) is 7.31. The van der Waals surface area contributed by atoms with Crippen molar-refractivity contribution in [3.63, 3.8) is 0 Å². The van der Waals surface area contributed by atoms with Crippen LogP contribution in [0.25, 0.3) is 0 Å². The minimum absolute atomic E-state index is 0.356. The van der Waals surface area contributed by atoms with E-state index in [1.165, 1.54) is 0 Å². The summed E-state index contributed by atoms with van der Waals surface area (Å²) in [7, 11) is -0.375. The van der Waals surface area contributed by atoms with Crippen molar-refractivity contribution >= 4 is 18.7 Å². The van der Waals surface area contributed by atoms with Gasteiger partial charge in [-0.25, -0.2) is 4.79 Å². The molecule has 1 aromatic heterocycles. The number of nitrogens with zero attached hydrogens (tertiary/aromatic N) is 2. The monoisotopic (exact) mass is 365 g/mol. The summed E-state index contributed by atoms with van der Waals surface area (Å²) in [5, 5.41) is 4.68. The number of aromatic nitrogens is 2. The predicted octanol–water partition coefficient (Wildman–Crippen LogP) is 2.45. The van der Waals surface area contributed by atoms with E-state index in [1.54, 1.807) is 0 Å². The van der Waals surface area contributed by atoms with Gasteiger partial charge in [0.05, 0.1) is 23.5 Å². The number of hydrogen-bond donors (Lipinski definition) is 1. The van der Waals surface area contributed by atoms with E-state index in [9.17, 15) is 4.79 Å². The Labute approximate surface area is 156 Å². The average molecular weight is 365 g/mol. The van der Waals surface area contributed by atoms with Crippen LogP contribution >= 0.6 is 0 Å². The summed E-state index contributed by atoms with van der Waals surface area (Å²) in [6.07, 6.45) is 3.19. The van der Waals surface area contributed by atoms with Gasteiger partial charge in [-0.05, 0) is 60.8 Å². The highest BCUT2D eigenvalue weighted by Gasteiger charge is 2.53. The van der Waals surface area contributed by atoms with Crippen molar-refractivity contribution in [3.8, 4) is 0 Å². The molecular weight excluding hydrogens is 333 g/mol. The lowest BCUT2D eigenvalue weighted by atomic mass is 9.77. The first kappa shape index (κ1) is 20.8. The molecule has 1 saturated heterocycles. The van der Waals surface area contributed by atoms with Crippen LogP contribution in [0, 0.1) is 13.8 Å². The molecule has 8 heteroatoms. The molecule has 1 aromatic rings. The van der Waals surface area contributed by atoms with Crippen molar-refractivity contribution in [2.75, 3.05) is 6.61 Å². The summed E-state index contributed by atoms with van der Waals surface area (Å²) < 4.78 is 19.1. The number of nitrogens with two attached hydrogens (primary N) is 1. The van der Waals surface area contributed by atoms with E-state index >= 15 is 0 Å². The maximum absolute atomic E-state index is 10.5. The third-order valence-corrected chi connectivity index (χ3v) is 5.43. The lowest BCUT2D eigenvalue weighted by Crippen LogP contribution is -2.41. The molecule has 0 saturated carbocycles. The van der Waals surface area contributed by atoms with Crippen LogP contribution in [0.15, 0.2) is 0 Å². The Morgan fingerprint density at radius 2 is 1.69 bits per heavy atom. The Morgan fingerprint density at radius 3 is 2.27 bits per heavy atom. The van der Waals surface area contributed by atoms with Gasteiger partial charge >= 0.3 is 13.2 Å². The van der Waals surface area contributed by atoms with Crippen molar-refractivity contribution < 1.29 is 18.8 Å². The molecule has 7 nitrogen and oxygen atoms in total. The molecule has 1 aliphatic rings. The number of aryl methyl sites for hydroxylation is 2. The van der Waals surface area contributed by atoms with Crippen molar-refractivity contribution in [3.05, 3.63) is 11.4 Å². The van der Waals surface area contributed by atoms with Crippen molar-refractivity contribution in [1.29, 1.82) is 0 Å². The second kappa shape index (κ2) is 8.00. The summed E-state index contributed by atoms with van der Waals surface area (Å²) in [5.74, 6) is 0. The molecule has 2 heterocycles. The molecule has 0 radical (unpaired) electrons. The second-order valence-electron chi connectivity index (χ2n) is 7.98. The van der Waals surface area contributed by atoms with Gasteiger partial charge in [-0.3, -0.25) is 4.68 Å². The zero-order chi connectivity index (χ0) is 19.5. The predicted molar refractivity (Wildman–Crippen MR) is 101 cm³/mol. The smallest absolute Gasteiger partial charge is 0.450 e. The maximum atomic E-state index is 10.5. The largest absolute Gasteiger partial charge is 0.498 e. The molecular formula is C18H32BN3O4. The molecule has 2 N–H and O–H groups in total. The Kier molecular flexibility index (Phi) is 6.39. The third kappa shape index (κ3) is 4.59. The van der Waals surface area contributed by atoms with E-state index in [0.717, 1.165) is 49.1 Å². The number of ether oxygens (including phenoxy) is 1. The fraction of sp³-hybridized carbons (Fsp3) is 0.778. The lowest BCUT2D eigenvalue weighted by molar-refractivity contribution is 0.00578. The van der Waals surface area contributed by atoms with Gasteiger partial charge in [0.1, 0.15) is 0 Å². The standard InChI is InChI=1S/C18H32BN3O4/c1-13-15(19-25-17(3,4)18(5,6)26-19)14(2)22(21-13)11-9-7-8-10-12-24-16(20)23/h7-12H2,1-6H3,(H2,20,23). The molecule has 0 aliphatic carbocycles. The van der Waals surface area contributed by atoms with Crippen LogP contribution in [0.4, 0.5) is 4.79 Å². The minimum Gasteiger partial charge on any atom is -0.450 e. The number of carbonyl (C=O) groups is 1. The summed E-state index contributed by atoms with van der Waals surface area (Å²) >= 11 is 0. The van der Waals surface area contributed by atoms with Gasteiger partial charge in [0.2, 0.25) is 0 Å². The molecule has 26 heavy (non-hydrogen) atoms. The fourth-order valence-electron chi connectivity index (χ4n) is 3.12. The van der Waals surface area contributed by atoms with E-state index < -0.39 is 6.09 Å². The Balaban J connectivity index is 1.89. The Bertz CT molecular complexity index is 627. The lowest BCUT2D eigenvalue weighted by Gasteiger charge is -2.32. The quantitative estimate of drug-likeness (QED) is 0.565. The molecule has 0 bridgehead atoms. The van der Waals surface area contributed by atoms with Gasteiger partial charge in [0.15, 0.2) is 0 Å². The zero-order valence-electron chi connectivity index (χ0n) is 16.9. The van der Waals surface area contributed by atoms with Gasteiger partial charge < -0.3 is 19.8 Å².